The number of rotatable bonds is 4. The van der Waals surface area contributed by atoms with E-state index in [1.54, 1.807) is 5.57 Å². The molecule has 0 aromatic rings. The lowest BCUT2D eigenvalue weighted by atomic mass is 9.50. The van der Waals surface area contributed by atoms with Gasteiger partial charge in [-0.15, -0.1) is 0 Å². The van der Waals surface area contributed by atoms with Crippen molar-refractivity contribution in [1.29, 1.82) is 0 Å². The zero-order valence-electron chi connectivity index (χ0n) is 25.4. The minimum atomic E-state index is -1.99. The van der Waals surface area contributed by atoms with Crippen molar-refractivity contribution in [2.75, 3.05) is 0 Å². The molecule has 3 fully saturated rings. The van der Waals surface area contributed by atoms with Crippen LogP contribution in [0.2, 0.25) is 36.3 Å². The molecule has 6 atom stereocenters. The number of carbonyl (C=O) groups excluding carboxylic acids is 1. The van der Waals surface area contributed by atoms with Gasteiger partial charge in [0.25, 0.3) is 0 Å². The quantitative estimate of drug-likeness (QED) is 0.341. The van der Waals surface area contributed by atoms with Crippen LogP contribution in [0.15, 0.2) is 23.3 Å². The minimum Gasteiger partial charge on any atom is -0.414 e. The van der Waals surface area contributed by atoms with Gasteiger partial charge in [0.1, 0.15) is 5.78 Å². The fourth-order valence-electron chi connectivity index (χ4n) is 7.17. The van der Waals surface area contributed by atoms with Gasteiger partial charge >= 0.3 is 0 Å². The van der Waals surface area contributed by atoms with Crippen LogP contribution in [-0.2, 0) is 13.6 Å². The lowest BCUT2D eigenvalue weighted by Gasteiger charge is -2.58. The molecule has 0 radical (unpaired) electrons. The van der Waals surface area contributed by atoms with Crippen molar-refractivity contribution in [2.24, 2.45) is 22.7 Å². The van der Waals surface area contributed by atoms with E-state index in [0.29, 0.717) is 17.6 Å². The molecule has 0 bridgehead atoms. The maximum Gasteiger partial charge on any atom is 0.192 e. The number of fused-ring (bicyclic) bond motifs is 5. The standard InChI is InChI=1S/C31H54O3Si2/c1-28(2,3)35(9,10)33-22-19-21-13-14-23-24-15-16-26(32)30(24,7)18-17-25(23)31(21,8)27(20-22)34-36(11,12)29(4,5)6/h13-14,22,24-25,27H,15-20H2,1-12H3/t22-,24?,25?,27?,30+,31+/m1/s1. The number of allylic oxidation sites excluding steroid dienone is 3. The summed E-state index contributed by atoms with van der Waals surface area (Å²) in [6.45, 7) is 28.4. The molecular formula is C31H54O3Si2. The van der Waals surface area contributed by atoms with Crippen molar-refractivity contribution >= 4 is 22.4 Å². The summed E-state index contributed by atoms with van der Waals surface area (Å²) in [5.74, 6) is 1.38. The molecule has 0 N–H and O–H groups in total. The zero-order chi connectivity index (χ0) is 27.1. The number of Topliss-reactive ketones (excluding diaryl/α,β-unsaturated/α-hetero) is 1. The smallest absolute Gasteiger partial charge is 0.192 e. The first-order valence-corrected chi connectivity index (χ1v) is 20.4. The largest absolute Gasteiger partial charge is 0.414 e. The monoisotopic (exact) mass is 530 g/mol. The van der Waals surface area contributed by atoms with Crippen molar-refractivity contribution in [3.05, 3.63) is 23.3 Å². The fraction of sp³-hybridized carbons (Fsp3) is 0.839. The summed E-state index contributed by atoms with van der Waals surface area (Å²) in [5, 5.41) is 0.358. The van der Waals surface area contributed by atoms with Crippen LogP contribution in [0.25, 0.3) is 0 Å². The van der Waals surface area contributed by atoms with Crippen LogP contribution in [0.5, 0.6) is 0 Å². The normalized spacial score (nSPS) is 37.6. The maximum atomic E-state index is 12.9. The molecule has 3 saturated carbocycles. The molecule has 204 valence electrons. The predicted molar refractivity (Wildman–Crippen MR) is 156 cm³/mol. The first kappa shape index (κ1) is 28.5. The summed E-state index contributed by atoms with van der Waals surface area (Å²) in [6, 6.07) is 0. The molecule has 0 amide bonds. The summed E-state index contributed by atoms with van der Waals surface area (Å²) < 4.78 is 14.5. The van der Waals surface area contributed by atoms with Gasteiger partial charge in [0.05, 0.1) is 12.2 Å². The maximum absolute atomic E-state index is 12.9. The molecule has 4 aliphatic rings. The number of ketones is 1. The summed E-state index contributed by atoms with van der Waals surface area (Å²) in [6.07, 6.45) is 11.2. The van der Waals surface area contributed by atoms with E-state index in [2.05, 4.69) is 93.7 Å². The summed E-state index contributed by atoms with van der Waals surface area (Å²) in [4.78, 5) is 12.9. The molecule has 3 unspecified atom stereocenters. The molecular weight excluding hydrogens is 477 g/mol. The average molecular weight is 531 g/mol. The highest BCUT2D eigenvalue weighted by molar-refractivity contribution is 6.74. The molecule has 0 heterocycles. The topological polar surface area (TPSA) is 35.5 Å². The number of hydrogen-bond donors (Lipinski definition) is 0. The van der Waals surface area contributed by atoms with Crippen LogP contribution in [0, 0.1) is 22.7 Å². The van der Waals surface area contributed by atoms with Gasteiger partial charge in [-0.25, -0.2) is 0 Å². The van der Waals surface area contributed by atoms with Crippen LogP contribution in [0.3, 0.4) is 0 Å². The van der Waals surface area contributed by atoms with Crippen molar-refractivity contribution in [3.63, 3.8) is 0 Å². The third-order valence-electron chi connectivity index (χ3n) is 11.8. The first-order chi connectivity index (χ1) is 16.2. The van der Waals surface area contributed by atoms with E-state index in [-0.39, 0.29) is 33.1 Å². The Balaban J connectivity index is 1.74. The van der Waals surface area contributed by atoms with E-state index in [9.17, 15) is 4.79 Å². The molecule has 4 aliphatic carbocycles. The summed E-state index contributed by atoms with van der Waals surface area (Å²) in [5.41, 5.74) is 2.92. The zero-order valence-corrected chi connectivity index (χ0v) is 27.4. The SMILES string of the molecule is CC(C)(C)[Si](C)(C)OC1C[C@H](O[Si](C)(C)C(C)(C)C)CC2=CC=C3C(CC[C@]4(C)C(=O)CCC34)[C@]21C. The molecule has 0 spiro atoms. The molecule has 4 rings (SSSR count). The molecule has 3 nitrogen and oxygen atoms in total. The highest BCUT2D eigenvalue weighted by Crippen LogP contribution is 2.63. The lowest BCUT2D eigenvalue weighted by molar-refractivity contribution is -0.128. The molecule has 0 aliphatic heterocycles. The molecule has 36 heavy (non-hydrogen) atoms. The first-order valence-electron chi connectivity index (χ1n) is 14.5. The highest BCUT2D eigenvalue weighted by atomic mass is 28.4. The van der Waals surface area contributed by atoms with Gasteiger partial charge in [0.15, 0.2) is 16.6 Å². The Bertz CT molecular complexity index is 963. The molecule has 5 heteroatoms. The Morgan fingerprint density at radius 3 is 2.03 bits per heavy atom. The van der Waals surface area contributed by atoms with Crippen LogP contribution in [-0.4, -0.2) is 34.6 Å². The van der Waals surface area contributed by atoms with Gasteiger partial charge in [-0.05, 0) is 80.2 Å². The van der Waals surface area contributed by atoms with E-state index in [1.807, 2.05) is 0 Å². The van der Waals surface area contributed by atoms with E-state index >= 15 is 0 Å². The Kier molecular flexibility index (Phi) is 6.94. The Morgan fingerprint density at radius 2 is 1.44 bits per heavy atom. The second kappa shape index (κ2) is 8.76. The lowest BCUT2D eigenvalue weighted by Crippen LogP contribution is -2.58. The molecule has 0 aromatic heterocycles. The highest BCUT2D eigenvalue weighted by Gasteiger charge is 2.60. The van der Waals surface area contributed by atoms with Crippen LogP contribution in [0.1, 0.15) is 93.9 Å². The van der Waals surface area contributed by atoms with E-state index in [0.717, 1.165) is 38.5 Å². The van der Waals surface area contributed by atoms with Crippen LogP contribution < -0.4 is 0 Å². The number of carbonyl (C=O) groups is 1. The third kappa shape index (κ3) is 4.42. The number of hydrogen-bond acceptors (Lipinski definition) is 3. The van der Waals surface area contributed by atoms with Gasteiger partial charge in [0.2, 0.25) is 0 Å². The average Bonchev–Trinajstić information content (AvgIpc) is 3.01. The Hall–Kier alpha value is -0.496. The van der Waals surface area contributed by atoms with Crippen molar-refractivity contribution in [3.8, 4) is 0 Å². The van der Waals surface area contributed by atoms with Gasteiger partial charge in [-0.2, -0.15) is 0 Å². The minimum absolute atomic E-state index is 0.0140. The van der Waals surface area contributed by atoms with Gasteiger partial charge in [0, 0.05) is 17.3 Å². The second-order valence-electron chi connectivity index (χ2n) is 16.0. The summed E-state index contributed by atoms with van der Waals surface area (Å²) in [7, 11) is -3.89. The van der Waals surface area contributed by atoms with Crippen molar-refractivity contribution < 1.29 is 13.6 Å². The molecule has 0 saturated heterocycles. The van der Waals surface area contributed by atoms with Gasteiger partial charge in [-0.1, -0.05) is 78.7 Å². The van der Waals surface area contributed by atoms with Crippen LogP contribution >= 0.6 is 0 Å². The van der Waals surface area contributed by atoms with E-state index in [4.69, 9.17) is 8.85 Å². The summed E-state index contributed by atoms with van der Waals surface area (Å²) >= 11 is 0. The van der Waals surface area contributed by atoms with E-state index in [1.165, 1.54) is 5.57 Å². The van der Waals surface area contributed by atoms with Crippen molar-refractivity contribution in [2.45, 2.75) is 142 Å². The van der Waals surface area contributed by atoms with Gasteiger partial charge < -0.3 is 8.85 Å². The third-order valence-corrected chi connectivity index (χ3v) is 20.8. The van der Waals surface area contributed by atoms with Crippen molar-refractivity contribution in [1.82, 2.24) is 0 Å². The fourth-order valence-corrected chi connectivity index (χ4v) is 9.94. The Morgan fingerprint density at radius 1 is 0.861 bits per heavy atom. The second-order valence-corrected chi connectivity index (χ2v) is 25.5. The predicted octanol–water partition coefficient (Wildman–Crippen LogP) is 8.83. The Labute approximate surface area is 224 Å². The molecule has 0 aromatic carbocycles. The van der Waals surface area contributed by atoms with Crippen LogP contribution in [0.4, 0.5) is 0 Å². The van der Waals surface area contributed by atoms with E-state index < -0.39 is 16.6 Å². The van der Waals surface area contributed by atoms with Gasteiger partial charge in [-0.3, -0.25) is 4.79 Å².